The van der Waals surface area contributed by atoms with Gasteiger partial charge in [-0.05, 0) is 18.2 Å². The number of halogens is 2. The fourth-order valence-corrected chi connectivity index (χ4v) is 1.22. The van der Waals surface area contributed by atoms with Crippen molar-refractivity contribution in [1.82, 2.24) is 5.16 Å². The van der Waals surface area contributed by atoms with Crippen LogP contribution >= 0.6 is 0 Å². The molecule has 0 aliphatic heterocycles. The van der Waals surface area contributed by atoms with E-state index in [9.17, 15) is 8.78 Å². The van der Waals surface area contributed by atoms with Crippen molar-refractivity contribution in [2.45, 2.75) is 6.54 Å². The topological polar surface area (TPSA) is 52.0 Å². The Hall–Kier alpha value is -1.75. The highest BCUT2D eigenvalue weighted by Gasteiger charge is 2.11. The number of benzene rings is 1. The molecule has 0 bridgehead atoms. The van der Waals surface area contributed by atoms with Crippen molar-refractivity contribution in [3.05, 3.63) is 41.6 Å². The molecule has 0 fully saturated rings. The molecule has 0 atom stereocenters. The van der Waals surface area contributed by atoms with E-state index in [4.69, 9.17) is 10.3 Å². The molecule has 0 spiro atoms. The summed E-state index contributed by atoms with van der Waals surface area (Å²) in [5.74, 6) is -0.916. The predicted octanol–water partition coefficient (Wildman–Crippen LogP) is 2.08. The van der Waals surface area contributed by atoms with E-state index in [0.717, 1.165) is 18.2 Å². The highest BCUT2D eigenvalue weighted by atomic mass is 19.1. The Balaban J connectivity index is 2.48. The first kappa shape index (κ1) is 9.79. The molecular weight excluding hydrogens is 202 g/mol. The summed E-state index contributed by atoms with van der Waals surface area (Å²) in [6, 6.07) is 4.61. The molecule has 1 aromatic heterocycles. The van der Waals surface area contributed by atoms with Crippen LogP contribution in [0.2, 0.25) is 0 Å². The minimum Gasteiger partial charge on any atom is -0.356 e. The fraction of sp³-hybridized carbons (Fsp3) is 0.100. The van der Waals surface area contributed by atoms with Crippen molar-refractivity contribution >= 4 is 0 Å². The molecule has 3 nitrogen and oxygen atoms in total. The van der Waals surface area contributed by atoms with Crippen LogP contribution in [-0.2, 0) is 6.54 Å². The van der Waals surface area contributed by atoms with Crippen molar-refractivity contribution < 1.29 is 13.3 Å². The number of aromatic nitrogens is 1. The summed E-state index contributed by atoms with van der Waals surface area (Å²) in [4.78, 5) is 0. The average Bonchev–Trinajstić information content (AvgIpc) is 2.70. The molecule has 1 heterocycles. The Morgan fingerprint density at radius 2 is 2.07 bits per heavy atom. The molecule has 2 rings (SSSR count). The first-order chi connectivity index (χ1) is 7.20. The highest BCUT2D eigenvalue weighted by Crippen LogP contribution is 2.24. The maximum absolute atomic E-state index is 13.3. The van der Waals surface area contributed by atoms with Gasteiger partial charge >= 0.3 is 0 Å². The van der Waals surface area contributed by atoms with E-state index < -0.39 is 11.6 Å². The largest absolute Gasteiger partial charge is 0.356 e. The summed E-state index contributed by atoms with van der Waals surface area (Å²) in [5.41, 5.74) is 5.86. The lowest BCUT2D eigenvalue weighted by Gasteiger charge is -1.97. The zero-order valence-corrected chi connectivity index (χ0v) is 7.71. The zero-order chi connectivity index (χ0) is 10.8. The molecule has 2 N–H and O–H groups in total. The highest BCUT2D eigenvalue weighted by molar-refractivity contribution is 5.58. The van der Waals surface area contributed by atoms with Crippen LogP contribution in [0, 0.1) is 11.6 Å². The van der Waals surface area contributed by atoms with Crippen LogP contribution in [-0.4, -0.2) is 5.16 Å². The van der Waals surface area contributed by atoms with Crippen molar-refractivity contribution in [2.75, 3.05) is 0 Å². The van der Waals surface area contributed by atoms with Crippen molar-refractivity contribution in [1.29, 1.82) is 0 Å². The van der Waals surface area contributed by atoms with Crippen LogP contribution < -0.4 is 5.73 Å². The number of rotatable bonds is 2. The lowest BCUT2D eigenvalue weighted by Crippen LogP contribution is -1.94. The number of nitrogens with two attached hydrogens (primary N) is 1. The summed E-state index contributed by atoms with van der Waals surface area (Å²) in [7, 11) is 0. The summed E-state index contributed by atoms with van der Waals surface area (Å²) in [5, 5.41) is 3.59. The van der Waals surface area contributed by atoms with Gasteiger partial charge < -0.3 is 10.3 Å². The van der Waals surface area contributed by atoms with Gasteiger partial charge in [-0.2, -0.15) is 0 Å². The molecule has 0 aliphatic rings. The maximum atomic E-state index is 13.3. The molecular formula is C10H8F2N2O. The predicted molar refractivity (Wildman–Crippen MR) is 49.7 cm³/mol. The van der Waals surface area contributed by atoms with Gasteiger partial charge in [0.15, 0.2) is 5.76 Å². The molecule has 1 aromatic carbocycles. The van der Waals surface area contributed by atoms with Crippen molar-refractivity contribution in [3.63, 3.8) is 0 Å². The first-order valence-electron chi connectivity index (χ1n) is 4.32. The molecule has 0 saturated heterocycles. The average molecular weight is 210 g/mol. The molecule has 2 aromatic rings. The minimum absolute atomic E-state index is 0.0437. The van der Waals surface area contributed by atoms with E-state index >= 15 is 0 Å². The molecule has 0 aliphatic carbocycles. The SMILES string of the molecule is NCc1cc(-c2cc(F)ccc2F)on1. The van der Waals surface area contributed by atoms with E-state index in [-0.39, 0.29) is 17.9 Å². The van der Waals surface area contributed by atoms with Crippen LogP contribution in [0.1, 0.15) is 5.69 Å². The monoisotopic (exact) mass is 210 g/mol. The Kier molecular flexibility index (Phi) is 2.47. The van der Waals surface area contributed by atoms with Crippen LogP contribution in [0.5, 0.6) is 0 Å². The summed E-state index contributed by atoms with van der Waals surface area (Å²) >= 11 is 0. The summed E-state index contributed by atoms with van der Waals surface area (Å²) in [6.07, 6.45) is 0. The number of hydrogen-bond donors (Lipinski definition) is 1. The van der Waals surface area contributed by atoms with Crippen LogP contribution in [0.25, 0.3) is 11.3 Å². The lowest BCUT2D eigenvalue weighted by molar-refractivity contribution is 0.421. The van der Waals surface area contributed by atoms with E-state index in [1.165, 1.54) is 6.07 Å². The van der Waals surface area contributed by atoms with Crippen LogP contribution in [0.3, 0.4) is 0 Å². The van der Waals surface area contributed by atoms with Gasteiger partial charge in [-0.3, -0.25) is 0 Å². The second kappa shape index (κ2) is 3.78. The van der Waals surface area contributed by atoms with Gasteiger partial charge in [0, 0.05) is 12.6 Å². The van der Waals surface area contributed by atoms with Crippen molar-refractivity contribution in [2.24, 2.45) is 5.73 Å². The summed E-state index contributed by atoms with van der Waals surface area (Å²) in [6.45, 7) is 0.195. The number of hydrogen-bond acceptors (Lipinski definition) is 3. The summed E-state index contributed by atoms with van der Waals surface area (Å²) < 4.78 is 31.0. The second-order valence-corrected chi connectivity index (χ2v) is 3.01. The molecule has 0 saturated carbocycles. The van der Waals surface area contributed by atoms with Gasteiger partial charge in [-0.15, -0.1) is 0 Å². The maximum Gasteiger partial charge on any atom is 0.170 e. The Morgan fingerprint density at radius 1 is 1.27 bits per heavy atom. The van der Waals surface area contributed by atoms with Crippen LogP contribution in [0.15, 0.2) is 28.8 Å². The fourth-order valence-electron chi connectivity index (χ4n) is 1.22. The van der Waals surface area contributed by atoms with Gasteiger partial charge in [-0.25, -0.2) is 8.78 Å². The van der Waals surface area contributed by atoms with Crippen molar-refractivity contribution in [3.8, 4) is 11.3 Å². The number of nitrogens with zero attached hydrogens (tertiary/aromatic N) is 1. The van der Waals surface area contributed by atoms with E-state index in [0.29, 0.717) is 5.69 Å². The van der Waals surface area contributed by atoms with Gasteiger partial charge in [0.2, 0.25) is 0 Å². The molecule has 0 amide bonds. The van der Waals surface area contributed by atoms with Gasteiger partial charge in [0.1, 0.15) is 11.6 Å². The third-order valence-corrected chi connectivity index (χ3v) is 1.96. The molecule has 5 heteroatoms. The van der Waals surface area contributed by atoms with E-state index in [1.807, 2.05) is 0 Å². The van der Waals surface area contributed by atoms with E-state index in [2.05, 4.69) is 5.16 Å². The molecule has 78 valence electrons. The van der Waals surface area contributed by atoms with E-state index in [1.54, 1.807) is 0 Å². The van der Waals surface area contributed by atoms with Crippen LogP contribution in [0.4, 0.5) is 8.78 Å². The Morgan fingerprint density at radius 3 is 2.73 bits per heavy atom. The molecule has 0 radical (unpaired) electrons. The quantitative estimate of drug-likeness (QED) is 0.825. The first-order valence-corrected chi connectivity index (χ1v) is 4.32. The lowest BCUT2D eigenvalue weighted by atomic mass is 10.1. The van der Waals surface area contributed by atoms with Gasteiger partial charge in [-0.1, -0.05) is 5.16 Å². The Bertz CT molecular complexity index is 482. The van der Waals surface area contributed by atoms with Gasteiger partial charge in [0.05, 0.1) is 11.3 Å². The zero-order valence-electron chi connectivity index (χ0n) is 7.71. The smallest absolute Gasteiger partial charge is 0.170 e. The normalized spacial score (nSPS) is 10.6. The standard InChI is InChI=1S/C10H8F2N2O/c11-6-1-2-9(12)8(3-6)10-4-7(5-13)14-15-10/h1-4H,5,13H2. The second-order valence-electron chi connectivity index (χ2n) is 3.01. The molecule has 0 unspecified atom stereocenters. The molecule has 15 heavy (non-hydrogen) atoms. The van der Waals surface area contributed by atoms with Gasteiger partial charge in [0.25, 0.3) is 0 Å². The third-order valence-electron chi connectivity index (χ3n) is 1.96. The Labute approximate surface area is 84.5 Å². The minimum atomic E-state index is -0.559. The third kappa shape index (κ3) is 1.87.